The van der Waals surface area contributed by atoms with E-state index in [2.05, 4.69) is 12.2 Å². The first-order chi connectivity index (χ1) is 7.77. The highest BCUT2D eigenvalue weighted by Crippen LogP contribution is 2.15. The predicted octanol–water partition coefficient (Wildman–Crippen LogP) is 2.70. The second kappa shape index (κ2) is 7.01. The van der Waals surface area contributed by atoms with Crippen molar-refractivity contribution >= 4 is 11.6 Å². The zero-order valence-electron chi connectivity index (χ0n) is 9.70. The van der Waals surface area contributed by atoms with Crippen molar-refractivity contribution in [3.63, 3.8) is 0 Å². The number of para-hydroxylation sites is 1. The topological polar surface area (TPSA) is 49.3 Å². The first kappa shape index (κ1) is 12.7. The molecule has 16 heavy (non-hydrogen) atoms. The minimum absolute atomic E-state index is 0.0225. The van der Waals surface area contributed by atoms with Crippen molar-refractivity contribution in [2.24, 2.45) is 0 Å². The molecule has 0 aliphatic heterocycles. The zero-order chi connectivity index (χ0) is 11.8. The molecule has 0 heterocycles. The maximum atomic E-state index is 11.6. The van der Waals surface area contributed by atoms with Crippen LogP contribution >= 0.6 is 0 Å². The maximum Gasteiger partial charge on any atom is 0.224 e. The van der Waals surface area contributed by atoms with Gasteiger partial charge in [-0.05, 0) is 12.5 Å². The smallest absolute Gasteiger partial charge is 0.224 e. The van der Waals surface area contributed by atoms with Crippen LogP contribution in [0, 0.1) is 0 Å². The molecule has 0 saturated heterocycles. The number of aliphatic hydroxyl groups excluding tert-OH is 1. The number of nitrogens with one attached hydrogen (secondary N) is 1. The Hall–Kier alpha value is -1.35. The minimum atomic E-state index is -0.0502. The Bertz CT molecular complexity index is 336. The van der Waals surface area contributed by atoms with Gasteiger partial charge < -0.3 is 10.4 Å². The summed E-state index contributed by atoms with van der Waals surface area (Å²) in [5.41, 5.74) is 1.47. The standard InChI is InChI=1S/C13H19NO2/c1-2-3-4-9-13(16)14-12-8-6-5-7-11(12)10-15/h5-8,15H,2-4,9-10H2,1H3,(H,14,16). The van der Waals surface area contributed by atoms with Crippen molar-refractivity contribution in [1.82, 2.24) is 0 Å². The Labute approximate surface area is 96.5 Å². The molecule has 0 saturated carbocycles. The van der Waals surface area contributed by atoms with E-state index in [0.717, 1.165) is 24.8 Å². The number of carbonyl (C=O) groups is 1. The van der Waals surface area contributed by atoms with Crippen LogP contribution in [0.5, 0.6) is 0 Å². The molecule has 3 nitrogen and oxygen atoms in total. The lowest BCUT2D eigenvalue weighted by Crippen LogP contribution is -2.12. The molecule has 0 spiro atoms. The Morgan fingerprint density at radius 3 is 2.75 bits per heavy atom. The Morgan fingerprint density at radius 1 is 1.31 bits per heavy atom. The molecule has 0 radical (unpaired) electrons. The maximum absolute atomic E-state index is 11.6. The lowest BCUT2D eigenvalue weighted by Gasteiger charge is -2.08. The van der Waals surface area contributed by atoms with Crippen molar-refractivity contribution in [2.75, 3.05) is 5.32 Å². The first-order valence-corrected chi connectivity index (χ1v) is 5.76. The average molecular weight is 221 g/mol. The van der Waals surface area contributed by atoms with Crippen molar-refractivity contribution in [3.05, 3.63) is 29.8 Å². The summed E-state index contributed by atoms with van der Waals surface area (Å²) in [5, 5.41) is 11.9. The normalized spacial score (nSPS) is 10.1. The molecule has 0 atom stereocenters. The largest absolute Gasteiger partial charge is 0.392 e. The molecule has 1 aromatic rings. The molecule has 3 heteroatoms. The monoisotopic (exact) mass is 221 g/mol. The number of hydrogen-bond donors (Lipinski definition) is 2. The molecule has 1 rings (SSSR count). The molecule has 1 amide bonds. The van der Waals surface area contributed by atoms with Crippen molar-refractivity contribution in [3.8, 4) is 0 Å². The lowest BCUT2D eigenvalue weighted by molar-refractivity contribution is -0.116. The molecule has 0 aliphatic rings. The number of benzene rings is 1. The van der Waals surface area contributed by atoms with Gasteiger partial charge in [-0.3, -0.25) is 4.79 Å². The summed E-state index contributed by atoms with van der Waals surface area (Å²) < 4.78 is 0. The number of anilines is 1. The Balaban J connectivity index is 2.49. The summed E-state index contributed by atoms with van der Waals surface area (Å²) in [7, 11) is 0. The summed E-state index contributed by atoms with van der Waals surface area (Å²) in [6.45, 7) is 2.06. The van der Waals surface area contributed by atoms with Gasteiger partial charge in [0.1, 0.15) is 0 Å². The second-order valence-electron chi connectivity index (χ2n) is 3.82. The fraction of sp³-hybridized carbons (Fsp3) is 0.462. The van der Waals surface area contributed by atoms with Gasteiger partial charge in [0.15, 0.2) is 0 Å². The van der Waals surface area contributed by atoms with Crippen LogP contribution in [0.15, 0.2) is 24.3 Å². The van der Waals surface area contributed by atoms with Gasteiger partial charge in [0.25, 0.3) is 0 Å². The number of aliphatic hydroxyl groups is 1. The van der Waals surface area contributed by atoms with Gasteiger partial charge >= 0.3 is 0 Å². The van der Waals surface area contributed by atoms with Gasteiger partial charge in [0.2, 0.25) is 5.91 Å². The van der Waals surface area contributed by atoms with Gasteiger partial charge in [-0.1, -0.05) is 38.0 Å². The van der Waals surface area contributed by atoms with E-state index in [0.29, 0.717) is 12.1 Å². The van der Waals surface area contributed by atoms with Gasteiger partial charge in [-0.2, -0.15) is 0 Å². The van der Waals surface area contributed by atoms with Crippen LogP contribution in [0.4, 0.5) is 5.69 Å². The number of carbonyl (C=O) groups excluding carboxylic acids is 1. The molecular weight excluding hydrogens is 202 g/mol. The molecular formula is C13H19NO2. The summed E-state index contributed by atoms with van der Waals surface area (Å²) in [5.74, 6) is 0.0225. The van der Waals surface area contributed by atoms with E-state index in [1.165, 1.54) is 0 Å². The second-order valence-corrected chi connectivity index (χ2v) is 3.82. The van der Waals surface area contributed by atoms with Gasteiger partial charge in [0, 0.05) is 17.7 Å². The average Bonchev–Trinajstić information content (AvgIpc) is 2.30. The molecule has 0 bridgehead atoms. The van der Waals surface area contributed by atoms with Crippen molar-refractivity contribution in [2.45, 2.75) is 39.2 Å². The summed E-state index contributed by atoms with van der Waals surface area (Å²) in [6, 6.07) is 7.31. The SMILES string of the molecule is CCCCCC(=O)Nc1ccccc1CO. The third kappa shape index (κ3) is 4.03. The number of unbranched alkanes of at least 4 members (excludes halogenated alkanes) is 2. The van der Waals surface area contributed by atoms with E-state index >= 15 is 0 Å². The van der Waals surface area contributed by atoms with Crippen LogP contribution in [0.1, 0.15) is 38.2 Å². The number of rotatable bonds is 6. The molecule has 1 aromatic carbocycles. The van der Waals surface area contributed by atoms with Crippen LogP contribution in [0.3, 0.4) is 0 Å². The van der Waals surface area contributed by atoms with E-state index in [-0.39, 0.29) is 12.5 Å². The van der Waals surface area contributed by atoms with Gasteiger partial charge in [0.05, 0.1) is 6.61 Å². The lowest BCUT2D eigenvalue weighted by atomic mass is 10.1. The fourth-order valence-electron chi connectivity index (χ4n) is 1.53. The highest BCUT2D eigenvalue weighted by molar-refractivity contribution is 5.91. The Morgan fingerprint density at radius 2 is 2.06 bits per heavy atom. The number of amides is 1. The van der Waals surface area contributed by atoms with Gasteiger partial charge in [-0.15, -0.1) is 0 Å². The molecule has 0 fully saturated rings. The van der Waals surface area contributed by atoms with E-state index in [1.54, 1.807) is 0 Å². The van der Waals surface area contributed by atoms with Crippen LogP contribution in [-0.4, -0.2) is 11.0 Å². The van der Waals surface area contributed by atoms with Crippen molar-refractivity contribution in [1.29, 1.82) is 0 Å². The molecule has 2 N–H and O–H groups in total. The highest BCUT2D eigenvalue weighted by Gasteiger charge is 2.05. The van der Waals surface area contributed by atoms with Gasteiger partial charge in [-0.25, -0.2) is 0 Å². The molecule has 0 aliphatic carbocycles. The summed E-state index contributed by atoms with van der Waals surface area (Å²) >= 11 is 0. The third-order valence-corrected chi connectivity index (χ3v) is 2.47. The fourth-order valence-corrected chi connectivity index (χ4v) is 1.53. The minimum Gasteiger partial charge on any atom is -0.392 e. The molecule has 88 valence electrons. The summed E-state index contributed by atoms with van der Waals surface area (Å²) in [6.07, 6.45) is 3.66. The highest BCUT2D eigenvalue weighted by atomic mass is 16.3. The van der Waals surface area contributed by atoms with Crippen LogP contribution < -0.4 is 5.32 Å². The zero-order valence-corrected chi connectivity index (χ0v) is 9.70. The predicted molar refractivity (Wildman–Crippen MR) is 65.1 cm³/mol. The van der Waals surface area contributed by atoms with Crippen LogP contribution in [0.2, 0.25) is 0 Å². The van der Waals surface area contributed by atoms with E-state index in [9.17, 15) is 4.79 Å². The van der Waals surface area contributed by atoms with E-state index < -0.39 is 0 Å². The van der Waals surface area contributed by atoms with E-state index in [4.69, 9.17) is 5.11 Å². The summed E-state index contributed by atoms with van der Waals surface area (Å²) in [4.78, 5) is 11.6. The molecule has 0 unspecified atom stereocenters. The Kier molecular flexibility index (Phi) is 5.57. The first-order valence-electron chi connectivity index (χ1n) is 5.76. The molecule has 0 aromatic heterocycles. The quantitative estimate of drug-likeness (QED) is 0.726. The van der Waals surface area contributed by atoms with E-state index in [1.807, 2.05) is 24.3 Å². The van der Waals surface area contributed by atoms with Crippen molar-refractivity contribution < 1.29 is 9.90 Å². The van der Waals surface area contributed by atoms with Crippen LogP contribution in [-0.2, 0) is 11.4 Å². The van der Waals surface area contributed by atoms with Crippen LogP contribution in [0.25, 0.3) is 0 Å². The number of hydrogen-bond acceptors (Lipinski definition) is 2. The third-order valence-electron chi connectivity index (χ3n) is 2.47.